The Morgan fingerprint density at radius 2 is 2.26 bits per heavy atom. The number of piperidine rings is 1. The largest absolute Gasteiger partial charge is 0.506 e. The smallest absolute Gasteiger partial charge is 0.163 e. The molecule has 1 N–H and O–H groups in total. The lowest BCUT2D eigenvalue weighted by molar-refractivity contribution is 0.101. The average molecular weight is 373 g/mol. The third-order valence-electron chi connectivity index (χ3n) is 3.65. The number of nitrogens with zero attached hydrogens (tertiary/aromatic N) is 1. The van der Waals surface area contributed by atoms with Gasteiger partial charge in [-0.3, -0.25) is 9.69 Å². The Kier molecular flexibility index (Phi) is 4.84. The number of likely N-dealkylation sites (tertiary alicyclic amines) is 1. The van der Waals surface area contributed by atoms with Crippen LogP contribution in [0.5, 0.6) is 5.75 Å². The molecule has 1 aromatic carbocycles. The Bertz CT molecular complexity index is 487. The number of rotatable bonds is 3. The molecule has 0 aliphatic carbocycles. The molecule has 0 saturated carbocycles. The molecule has 0 spiro atoms. The Labute approximate surface area is 128 Å². The molecule has 1 unspecified atom stereocenters. The first-order chi connectivity index (χ1) is 8.97. The molecule has 1 aliphatic heterocycles. The molecule has 1 atom stereocenters. The number of phenolic OH excluding ortho intramolecular Hbond substituents is 1. The number of aromatic hydroxyl groups is 1. The molecule has 1 fully saturated rings. The molecule has 19 heavy (non-hydrogen) atoms. The van der Waals surface area contributed by atoms with E-state index in [4.69, 9.17) is 0 Å². The lowest BCUT2D eigenvalue weighted by atomic mass is 9.99. The summed E-state index contributed by atoms with van der Waals surface area (Å²) >= 11 is 2.09. The molecule has 0 aromatic heterocycles. The maximum atomic E-state index is 11.5. The molecule has 1 saturated heterocycles. The third kappa shape index (κ3) is 3.69. The minimum Gasteiger partial charge on any atom is -0.506 e. The fraction of sp³-hybridized carbons (Fsp3) is 0.533. The van der Waals surface area contributed by atoms with Crippen molar-refractivity contribution in [1.82, 2.24) is 4.90 Å². The summed E-state index contributed by atoms with van der Waals surface area (Å²) in [5, 5.41) is 9.90. The zero-order valence-electron chi connectivity index (χ0n) is 11.4. The molecule has 1 heterocycles. The average Bonchev–Trinajstić information content (AvgIpc) is 2.33. The number of halogens is 1. The molecule has 3 nitrogen and oxygen atoms in total. The van der Waals surface area contributed by atoms with Crippen molar-refractivity contribution in [2.24, 2.45) is 5.92 Å². The van der Waals surface area contributed by atoms with E-state index in [1.54, 1.807) is 0 Å². The molecule has 0 bridgehead atoms. The maximum Gasteiger partial charge on any atom is 0.163 e. The number of Topliss-reactive ketones (excluding diaryl/α,β-unsaturated/α-hetero) is 1. The van der Waals surface area contributed by atoms with Gasteiger partial charge in [-0.1, -0.05) is 6.92 Å². The standard InChI is InChI=1S/C15H20INO2/c1-10-4-3-5-17(8-10)9-12-6-13(11(2)18)15(19)14(16)7-12/h6-7,10,19H,3-5,8-9H2,1-2H3. The number of benzene rings is 1. The van der Waals surface area contributed by atoms with E-state index in [1.165, 1.54) is 19.8 Å². The van der Waals surface area contributed by atoms with Crippen LogP contribution >= 0.6 is 22.6 Å². The van der Waals surface area contributed by atoms with Crippen molar-refractivity contribution in [3.8, 4) is 5.75 Å². The van der Waals surface area contributed by atoms with Crippen LogP contribution in [0.1, 0.15) is 42.6 Å². The Hall–Kier alpha value is -0.620. The number of hydrogen-bond acceptors (Lipinski definition) is 3. The van der Waals surface area contributed by atoms with Crippen LogP contribution in [0.4, 0.5) is 0 Å². The van der Waals surface area contributed by atoms with Crippen LogP contribution in [0.3, 0.4) is 0 Å². The van der Waals surface area contributed by atoms with Gasteiger partial charge < -0.3 is 5.11 Å². The first kappa shape index (κ1) is 14.8. The predicted molar refractivity (Wildman–Crippen MR) is 84.5 cm³/mol. The summed E-state index contributed by atoms with van der Waals surface area (Å²) in [6, 6.07) is 3.81. The van der Waals surface area contributed by atoms with Crippen LogP contribution in [0.25, 0.3) is 0 Å². The van der Waals surface area contributed by atoms with Crippen molar-refractivity contribution < 1.29 is 9.90 Å². The highest BCUT2D eigenvalue weighted by molar-refractivity contribution is 14.1. The minimum absolute atomic E-state index is 0.0794. The summed E-state index contributed by atoms with van der Waals surface area (Å²) < 4.78 is 0.755. The summed E-state index contributed by atoms with van der Waals surface area (Å²) in [4.78, 5) is 14.0. The Balaban J connectivity index is 2.18. The summed E-state index contributed by atoms with van der Waals surface area (Å²) in [5.74, 6) is 0.783. The molecule has 1 aliphatic rings. The van der Waals surface area contributed by atoms with Gasteiger partial charge in [0.1, 0.15) is 5.75 Å². The number of carbonyl (C=O) groups is 1. The Morgan fingerprint density at radius 1 is 1.53 bits per heavy atom. The van der Waals surface area contributed by atoms with Gasteiger partial charge in [-0.25, -0.2) is 0 Å². The van der Waals surface area contributed by atoms with Gasteiger partial charge in [-0.15, -0.1) is 0 Å². The summed E-state index contributed by atoms with van der Waals surface area (Å²) in [5.41, 5.74) is 1.55. The quantitative estimate of drug-likeness (QED) is 0.652. The highest BCUT2D eigenvalue weighted by Gasteiger charge is 2.18. The molecule has 2 rings (SSSR count). The van der Waals surface area contributed by atoms with Gasteiger partial charge in [0, 0.05) is 13.1 Å². The third-order valence-corrected chi connectivity index (χ3v) is 4.47. The van der Waals surface area contributed by atoms with Crippen LogP contribution in [0.2, 0.25) is 0 Å². The second kappa shape index (κ2) is 6.22. The van der Waals surface area contributed by atoms with Crippen molar-refractivity contribution in [2.75, 3.05) is 13.1 Å². The zero-order valence-corrected chi connectivity index (χ0v) is 13.6. The van der Waals surface area contributed by atoms with Crippen LogP contribution < -0.4 is 0 Å². The second-order valence-corrected chi connectivity index (χ2v) is 6.67. The van der Waals surface area contributed by atoms with E-state index in [0.29, 0.717) is 5.56 Å². The topological polar surface area (TPSA) is 40.5 Å². The van der Waals surface area contributed by atoms with Gasteiger partial charge in [0.2, 0.25) is 0 Å². The zero-order chi connectivity index (χ0) is 14.0. The van der Waals surface area contributed by atoms with E-state index in [1.807, 2.05) is 12.1 Å². The van der Waals surface area contributed by atoms with Crippen molar-refractivity contribution in [1.29, 1.82) is 0 Å². The molecular weight excluding hydrogens is 353 g/mol. The SMILES string of the molecule is CC(=O)c1cc(CN2CCCC(C)C2)cc(I)c1O. The minimum atomic E-state index is -0.0794. The molecular formula is C15H20INO2. The molecule has 0 amide bonds. The molecule has 0 radical (unpaired) electrons. The summed E-state index contributed by atoms with van der Waals surface area (Å²) in [6.07, 6.45) is 2.55. The molecule has 4 heteroatoms. The van der Waals surface area contributed by atoms with Crippen molar-refractivity contribution in [3.63, 3.8) is 0 Å². The lowest BCUT2D eigenvalue weighted by Gasteiger charge is -2.31. The van der Waals surface area contributed by atoms with Crippen LogP contribution in [-0.4, -0.2) is 28.9 Å². The van der Waals surface area contributed by atoms with Gasteiger partial charge in [-0.05, 0) is 72.5 Å². The van der Waals surface area contributed by atoms with Gasteiger partial charge in [0.15, 0.2) is 5.78 Å². The van der Waals surface area contributed by atoms with Crippen LogP contribution in [0, 0.1) is 9.49 Å². The van der Waals surface area contributed by atoms with Crippen molar-refractivity contribution in [2.45, 2.75) is 33.2 Å². The fourth-order valence-corrected chi connectivity index (χ4v) is 3.39. The first-order valence-corrected chi connectivity index (χ1v) is 7.80. The molecule has 1 aromatic rings. The fourth-order valence-electron chi connectivity index (χ4n) is 2.70. The Morgan fingerprint density at radius 3 is 2.89 bits per heavy atom. The number of carbonyl (C=O) groups excluding carboxylic acids is 1. The number of ketones is 1. The lowest BCUT2D eigenvalue weighted by Crippen LogP contribution is -2.33. The molecule has 104 valence electrons. The van der Waals surface area contributed by atoms with E-state index in [-0.39, 0.29) is 11.5 Å². The second-order valence-electron chi connectivity index (χ2n) is 5.51. The van der Waals surface area contributed by atoms with E-state index < -0.39 is 0 Å². The van der Waals surface area contributed by atoms with E-state index in [0.717, 1.165) is 34.7 Å². The van der Waals surface area contributed by atoms with Crippen molar-refractivity contribution in [3.05, 3.63) is 26.8 Å². The van der Waals surface area contributed by atoms with Gasteiger partial charge in [-0.2, -0.15) is 0 Å². The van der Waals surface area contributed by atoms with Crippen LogP contribution in [0.15, 0.2) is 12.1 Å². The van der Waals surface area contributed by atoms with Gasteiger partial charge in [0.05, 0.1) is 9.13 Å². The monoisotopic (exact) mass is 373 g/mol. The number of phenols is 1. The van der Waals surface area contributed by atoms with Crippen LogP contribution in [-0.2, 0) is 6.54 Å². The highest BCUT2D eigenvalue weighted by Crippen LogP contribution is 2.28. The van der Waals surface area contributed by atoms with E-state index >= 15 is 0 Å². The number of hydrogen-bond donors (Lipinski definition) is 1. The predicted octanol–water partition coefficient (Wildman–Crippen LogP) is 3.43. The normalized spacial score (nSPS) is 20.5. The summed E-state index contributed by atoms with van der Waals surface area (Å²) in [6.45, 7) is 6.89. The maximum absolute atomic E-state index is 11.5. The summed E-state index contributed by atoms with van der Waals surface area (Å²) in [7, 11) is 0. The first-order valence-electron chi connectivity index (χ1n) is 6.72. The van der Waals surface area contributed by atoms with Gasteiger partial charge >= 0.3 is 0 Å². The van der Waals surface area contributed by atoms with E-state index in [2.05, 4.69) is 34.4 Å². The van der Waals surface area contributed by atoms with Gasteiger partial charge in [0.25, 0.3) is 0 Å². The van der Waals surface area contributed by atoms with E-state index in [9.17, 15) is 9.90 Å². The van der Waals surface area contributed by atoms with Crippen molar-refractivity contribution >= 4 is 28.4 Å². The highest BCUT2D eigenvalue weighted by atomic mass is 127.